The van der Waals surface area contributed by atoms with Crippen molar-refractivity contribution in [3.05, 3.63) is 23.1 Å². The molecule has 1 N–H and O–H groups in total. The molecule has 0 heterocycles. The third-order valence-corrected chi connectivity index (χ3v) is 2.77. The van der Waals surface area contributed by atoms with Gasteiger partial charge in [0.1, 0.15) is 0 Å². The maximum atomic E-state index is 10.6. The molecule has 6 nitrogen and oxygen atoms in total. The Labute approximate surface area is 108 Å². The van der Waals surface area contributed by atoms with Crippen LogP contribution in [0, 0.1) is 4.91 Å². The van der Waals surface area contributed by atoms with Crippen molar-refractivity contribution >= 4 is 22.7 Å². The van der Waals surface area contributed by atoms with Gasteiger partial charge in [-0.25, -0.2) is 0 Å². The Kier molecular flexibility index (Phi) is 5.73. The van der Waals surface area contributed by atoms with Gasteiger partial charge in [-0.15, -0.1) is 4.91 Å². The van der Waals surface area contributed by atoms with Gasteiger partial charge < -0.3 is 9.08 Å². The van der Waals surface area contributed by atoms with Crippen LogP contribution in [0.5, 0.6) is 5.75 Å². The molecule has 18 heavy (non-hydrogen) atoms. The van der Waals surface area contributed by atoms with Crippen molar-refractivity contribution in [3.8, 4) is 5.75 Å². The predicted molar refractivity (Wildman–Crippen MR) is 71.5 cm³/mol. The van der Waals surface area contributed by atoms with E-state index < -0.39 is 11.4 Å². The Balaban J connectivity index is 3.07. The number of nitroso groups, excluding NO2 is 1. The first-order chi connectivity index (χ1) is 8.62. The quantitative estimate of drug-likeness (QED) is 0.610. The van der Waals surface area contributed by atoms with Crippen LogP contribution in [-0.2, 0) is 11.4 Å². The van der Waals surface area contributed by atoms with E-state index >= 15 is 0 Å². The van der Waals surface area contributed by atoms with E-state index in [0.717, 1.165) is 25.2 Å². The molecule has 0 aromatic heterocycles. The van der Waals surface area contributed by atoms with Crippen molar-refractivity contribution in [2.24, 2.45) is 5.18 Å². The van der Waals surface area contributed by atoms with Crippen molar-refractivity contribution in [3.63, 3.8) is 0 Å². The van der Waals surface area contributed by atoms with Crippen LogP contribution in [0.2, 0.25) is 0 Å². The Morgan fingerprint density at radius 2 is 2.17 bits per heavy atom. The summed E-state index contributed by atoms with van der Waals surface area (Å²) < 4.78 is 24.0. The number of rotatable bonds is 7. The SMILES string of the molecule is CCCN(CC)c1ccc(N=O)c(OS(=O)O)c1. The number of nitrogens with zero attached hydrogens (tertiary/aromatic N) is 2. The molecule has 0 spiro atoms. The van der Waals surface area contributed by atoms with Gasteiger partial charge in [0.15, 0.2) is 11.4 Å². The lowest BCUT2D eigenvalue weighted by molar-refractivity contribution is 0.458. The summed E-state index contributed by atoms with van der Waals surface area (Å²) in [5, 5.41) is 2.76. The second-order valence-corrected chi connectivity index (χ2v) is 4.22. The van der Waals surface area contributed by atoms with Crippen LogP contribution in [0.15, 0.2) is 23.4 Å². The van der Waals surface area contributed by atoms with Crippen LogP contribution < -0.4 is 9.08 Å². The van der Waals surface area contributed by atoms with Gasteiger partial charge in [-0.2, -0.15) is 4.21 Å². The fraction of sp³-hybridized carbons (Fsp3) is 0.455. The number of benzene rings is 1. The van der Waals surface area contributed by atoms with Crippen LogP contribution in [0.3, 0.4) is 0 Å². The molecule has 1 aromatic rings. The van der Waals surface area contributed by atoms with Gasteiger partial charge in [-0.3, -0.25) is 4.55 Å². The molecule has 0 aliphatic rings. The molecule has 1 rings (SSSR count). The Bertz CT molecular complexity index is 439. The van der Waals surface area contributed by atoms with E-state index in [4.69, 9.17) is 4.55 Å². The predicted octanol–water partition coefficient (Wildman–Crippen LogP) is 2.84. The number of hydrogen-bond donors (Lipinski definition) is 1. The maximum Gasteiger partial charge on any atom is 0.357 e. The first-order valence-corrected chi connectivity index (χ1v) is 6.67. The summed E-state index contributed by atoms with van der Waals surface area (Å²) in [6.45, 7) is 5.71. The molecule has 100 valence electrons. The van der Waals surface area contributed by atoms with E-state index in [1.165, 1.54) is 6.07 Å². The molecule has 0 aliphatic carbocycles. The third kappa shape index (κ3) is 3.78. The van der Waals surface area contributed by atoms with Crippen molar-refractivity contribution in [2.45, 2.75) is 20.3 Å². The Morgan fingerprint density at radius 3 is 2.67 bits per heavy atom. The second kappa shape index (κ2) is 7.07. The monoisotopic (exact) mass is 272 g/mol. The fourth-order valence-corrected chi connectivity index (χ4v) is 1.95. The van der Waals surface area contributed by atoms with Gasteiger partial charge >= 0.3 is 11.4 Å². The lowest BCUT2D eigenvalue weighted by Crippen LogP contribution is -2.23. The minimum atomic E-state index is -2.47. The molecular weight excluding hydrogens is 256 g/mol. The summed E-state index contributed by atoms with van der Waals surface area (Å²) in [7, 11) is 0. The van der Waals surface area contributed by atoms with Gasteiger partial charge in [0.05, 0.1) is 0 Å². The normalized spacial score (nSPS) is 11.9. The van der Waals surface area contributed by atoms with Crippen molar-refractivity contribution in [1.29, 1.82) is 0 Å². The molecule has 0 aliphatic heterocycles. The molecule has 0 radical (unpaired) electrons. The molecule has 1 aromatic carbocycles. The molecular formula is C11H16N2O4S. The molecule has 0 bridgehead atoms. The van der Waals surface area contributed by atoms with Crippen LogP contribution in [-0.4, -0.2) is 21.9 Å². The molecule has 0 amide bonds. The van der Waals surface area contributed by atoms with Gasteiger partial charge in [0.2, 0.25) is 0 Å². The minimum Gasteiger partial charge on any atom is -0.378 e. The Morgan fingerprint density at radius 1 is 1.44 bits per heavy atom. The molecule has 0 saturated carbocycles. The lowest BCUT2D eigenvalue weighted by Gasteiger charge is -2.22. The minimum absolute atomic E-state index is 0.00806. The van der Waals surface area contributed by atoms with E-state index in [1.54, 1.807) is 12.1 Å². The van der Waals surface area contributed by atoms with Crippen molar-refractivity contribution < 1.29 is 12.9 Å². The van der Waals surface area contributed by atoms with Crippen molar-refractivity contribution in [1.82, 2.24) is 0 Å². The number of hydrogen-bond acceptors (Lipinski definition) is 5. The zero-order chi connectivity index (χ0) is 13.5. The smallest absolute Gasteiger partial charge is 0.357 e. The topological polar surface area (TPSA) is 79.2 Å². The first kappa shape index (κ1) is 14.6. The van der Waals surface area contributed by atoms with E-state index in [2.05, 4.69) is 21.2 Å². The highest BCUT2D eigenvalue weighted by atomic mass is 32.2. The van der Waals surface area contributed by atoms with Crippen molar-refractivity contribution in [2.75, 3.05) is 18.0 Å². The molecule has 1 atom stereocenters. The van der Waals surface area contributed by atoms with Crippen LogP contribution >= 0.6 is 0 Å². The summed E-state index contributed by atoms with van der Waals surface area (Å²) in [6, 6.07) is 4.76. The van der Waals surface area contributed by atoms with Gasteiger partial charge in [-0.05, 0) is 30.7 Å². The van der Waals surface area contributed by atoms with Gasteiger partial charge in [0, 0.05) is 24.8 Å². The molecule has 0 fully saturated rings. The first-order valence-electron chi connectivity index (χ1n) is 5.63. The lowest BCUT2D eigenvalue weighted by atomic mass is 10.2. The highest BCUT2D eigenvalue weighted by Crippen LogP contribution is 2.32. The van der Waals surface area contributed by atoms with E-state index in [9.17, 15) is 9.12 Å². The van der Waals surface area contributed by atoms with Gasteiger partial charge in [0.25, 0.3) is 0 Å². The average Bonchev–Trinajstić information content (AvgIpc) is 2.35. The third-order valence-electron chi connectivity index (χ3n) is 2.44. The van der Waals surface area contributed by atoms with Crippen LogP contribution in [0.1, 0.15) is 20.3 Å². The second-order valence-electron chi connectivity index (χ2n) is 3.62. The molecule has 7 heteroatoms. The summed E-state index contributed by atoms with van der Waals surface area (Å²) in [6.07, 6.45) is 0.976. The zero-order valence-electron chi connectivity index (χ0n) is 10.3. The summed E-state index contributed by atoms with van der Waals surface area (Å²) in [4.78, 5) is 12.6. The Hall–Kier alpha value is -1.47. The number of anilines is 1. The molecule has 0 saturated heterocycles. The maximum absolute atomic E-state index is 10.6. The summed E-state index contributed by atoms with van der Waals surface area (Å²) in [5.74, 6) is 0.0119. The highest BCUT2D eigenvalue weighted by Gasteiger charge is 2.11. The van der Waals surface area contributed by atoms with E-state index in [-0.39, 0.29) is 11.4 Å². The van der Waals surface area contributed by atoms with E-state index in [1.807, 2.05) is 6.92 Å². The highest BCUT2D eigenvalue weighted by molar-refractivity contribution is 7.74. The average molecular weight is 272 g/mol. The van der Waals surface area contributed by atoms with Crippen LogP contribution in [0.4, 0.5) is 11.4 Å². The standard InChI is InChI=1S/C11H16N2O4S/c1-3-7-13(4-2)9-5-6-10(12-14)11(8-9)17-18(15)16/h5-6,8H,3-4,7H2,1-2H3,(H,15,16). The largest absolute Gasteiger partial charge is 0.378 e. The fourth-order valence-electron chi connectivity index (χ4n) is 1.66. The molecule has 1 unspecified atom stereocenters. The zero-order valence-corrected chi connectivity index (χ0v) is 11.1. The summed E-state index contributed by atoms with van der Waals surface area (Å²) in [5.41, 5.74) is 0.834. The van der Waals surface area contributed by atoms with E-state index in [0.29, 0.717) is 0 Å². The van der Waals surface area contributed by atoms with Gasteiger partial charge in [-0.1, -0.05) is 6.92 Å². The van der Waals surface area contributed by atoms with Crippen LogP contribution in [0.25, 0.3) is 0 Å². The summed E-state index contributed by atoms with van der Waals surface area (Å²) >= 11 is -2.47.